The fourth-order valence-corrected chi connectivity index (χ4v) is 5.95. The highest BCUT2D eigenvalue weighted by molar-refractivity contribution is 7.46. The van der Waals surface area contributed by atoms with E-state index in [4.69, 9.17) is 19.3 Å². The Balaban J connectivity index is 2.39. The Bertz CT molecular complexity index is 977. The lowest BCUT2D eigenvalue weighted by atomic mass is 9.90. The van der Waals surface area contributed by atoms with Crippen molar-refractivity contribution < 1.29 is 52.9 Å². The van der Waals surface area contributed by atoms with Crippen molar-refractivity contribution in [3.8, 4) is 0 Å². The van der Waals surface area contributed by atoms with Crippen molar-refractivity contribution in [3.05, 3.63) is 24.3 Å². The van der Waals surface area contributed by atoms with E-state index >= 15 is 0 Å². The van der Waals surface area contributed by atoms with E-state index in [9.17, 15) is 29.2 Å². The largest absolute Gasteiger partial charge is 0.469 e. The van der Waals surface area contributed by atoms with Crippen LogP contribution in [0.15, 0.2) is 24.3 Å². The molecule has 0 amide bonds. The predicted molar refractivity (Wildman–Crippen MR) is 180 cm³/mol. The summed E-state index contributed by atoms with van der Waals surface area (Å²) in [6.45, 7) is 3.29. The summed E-state index contributed by atoms with van der Waals surface area (Å²) >= 11 is 0. The van der Waals surface area contributed by atoms with Crippen molar-refractivity contribution in [2.75, 3.05) is 13.2 Å². The third kappa shape index (κ3) is 22.4. The van der Waals surface area contributed by atoms with Gasteiger partial charge in [0, 0.05) is 31.1 Å². The number of ether oxygens (including phenoxy) is 2. The number of aliphatic hydroxyl groups excluding tert-OH is 2. The van der Waals surface area contributed by atoms with Gasteiger partial charge in [0.05, 0.1) is 18.8 Å². The van der Waals surface area contributed by atoms with Gasteiger partial charge in [0.15, 0.2) is 6.10 Å². The molecule has 0 saturated heterocycles. The SMILES string of the molecule is CCCCCCCCCCCC(=O)O[C@H](COC(=O)CCC/C=C\C[C@H]1[C@@H](O)CC(=O)[C@@H]1/C=C/[C@@H](O)CCCCC)COP(=O)(O)O. The van der Waals surface area contributed by atoms with Gasteiger partial charge < -0.3 is 29.5 Å². The fourth-order valence-electron chi connectivity index (χ4n) is 5.59. The second-order valence-corrected chi connectivity index (χ2v) is 13.9. The van der Waals surface area contributed by atoms with E-state index in [0.29, 0.717) is 32.1 Å². The van der Waals surface area contributed by atoms with E-state index < -0.39 is 50.6 Å². The summed E-state index contributed by atoms with van der Waals surface area (Å²) in [7, 11) is -4.81. The summed E-state index contributed by atoms with van der Waals surface area (Å²) in [6, 6.07) is 0. The highest BCUT2D eigenvalue weighted by Gasteiger charge is 2.39. The predicted octanol–water partition coefficient (Wildman–Crippen LogP) is 6.65. The Hall–Kier alpha value is -1.88. The minimum Gasteiger partial charge on any atom is -0.462 e. The van der Waals surface area contributed by atoms with E-state index in [0.717, 1.165) is 38.5 Å². The first-order valence-corrected chi connectivity index (χ1v) is 19.3. The number of esters is 2. The average molecular weight is 689 g/mol. The maximum absolute atomic E-state index is 12.4. The summed E-state index contributed by atoms with van der Waals surface area (Å²) < 4.78 is 26.1. The number of carbonyl (C=O) groups excluding carboxylic acids is 3. The topological polar surface area (TPSA) is 177 Å². The third-order valence-electron chi connectivity index (χ3n) is 8.35. The molecule has 4 N–H and O–H groups in total. The molecule has 0 aromatic carbocycles. The Kier molecular flexibility index (Phi) is 23.9. The summed E-state index contributed by atoms with van der Waals surface area (Å²) in [5.41, 5.74) is 0. The summed E-state index contributed by atoms with van der Waals surface area (Å²) in [6.07, 6.45) is 20.0. The lowest BCUT2D eigenvalue weighted by Gasteiger charge is -2.18. The van der Waals surface area contributed by atoms with Crippen LogP contribution in [0.25, 0.3) is 0 Å². The van der Waals surface area contributed by atoms with Gasteiger partial charge in [0.25, 0.3) is 0 Å². The van der Waals surface area contributed by atoms with Crippen molar-refractivity contribution in [1.82, 2.24) is 0 Å². The van der Waals surface area contributed by atoms with Crippen LogP contribution in [0.5, 0.6) is 0 Å². The minimum atomic E-state index is -4.81. The van der Waals surface area contributed by atoms with Crippen LogP contribution in [0.4, 0.5) is 0 Å². The van der Waals surface area contributed by atoms with Gasteiger partial charge in [-0.2, -0.15) is 0 Å². The number of phosphoric ester groups is 1. The lowest BCUT2D eigenvalue weighted by Crippen LogP contribution is -2.29. The van der Waals surface area contributed by atoms with Crippen molar-refractivity contribution in [1.29, 1.82) is 0 Å². The van der Waals surface area contributed by atoms with Crippen LogP contribution in [0.1, 0.15) is 136 Å². The van der Waals surface area contributed by atoms with Crippen molar-refractivity contribution in [2.24, 2.45) is 11.8 Å². The Morgan fingerprint density at radius 1 is 0.872 bits per heavy atom. The lowest BCUT2D eigenvalue weighted by molar-refractivity contribution is -0.161. The average Bonchev–Trinajstić information content (AvgIpc) is 3.29. The van der Waals surface area contributed by atoms with Gasteiger partial charge in [-0.15, -0.1) is 0 Å². The highest BCUT2D eigenvalue weighted by atomic mass is 31.2. The van der Waals surface area contributed by atoms with Crippen LogP contribution in [0, 0.1) is 11.8 Å². The molecule has 12 heteroatoms. The van der Waals surface area contributed by atoms with E-state index in [1.54, 1.807) is 12.2 Å². The van der Waals surface area contributed by atoms with Gasteiger partial charge in [-0.1, -0.05) is 109 Å². The first-order chi connectivity index (χ1) is 22.5. The van der Waals surface area contributed by atoms with E-state index in [1.165, 1.54) is 32.1 Å². The number of ketones is 1. The Labute approximate surface area is 281 Å². The molecule has 0 bridgehead atoms. The Morgan fingerprint density at radius 2 is 1.49 bits per heavy atom. The molecule has 5 atom stereocenters. The molecule has 47 heavy (non-hydrogen) atoms. The number of allylic oxidation sites excluding steroid dienone is 3. The monoisotopic (exact) mass is 688 g/mol. The zero-order chi connectivity index (χ0) is 34.9. The molecule has 0 spiro atoms. The molecule has 0 radical (unpaired) electrons. The molecular formula is C35H61O11P. The second-order valence-electron chi connectivity index (χ2n) is 12.6. The van der Waals surface area contributed by atoms with Crippen molar-refractivity contribution >= 4 is 25.5 Å². The number of hydrogen-bond acceptors (Lipinski definition) is 9. The van der Waals surface area contributed by atoms with Crippen LogP contribution in [-0.4, -0.2) is 69.2 Å². The first kappa shape index (κ1) is 43.1. The van der Waals surface area contributed by atoms with Crippen molar-refractivity contribution in [3.63, 3.8) is 0 Å². The van der Waals surface area contributed by atoms with E-state index in [2.05, 4.69) is 18.4 Å². The molecule has 0 unspecified atom stereocenters. The summed E-state index contributed by atoms with van der Waals surface area (Å²) in [5.74, 6) is -1.82. The van der Waals surface area contributed by atoms with Gasteiger partial charge >= 0.3 is 19.8 Å². The maximum Gasteiger partial charge on any atom is 0.469 e. The van der Waals surface area contributed by atoms with Gasteiger partial charge in [-0.3, -0.25) is 18.9 Å². The molecule has 1 fully saturated rings. The molecule has 1 saturated carbocycles. The molecule has 0 aromatic heterocycles. The van der Waals surface area contributed by atoms with Gasteiger partial charge in [-0.25, -0.2) is 4.57 Å². The molecule has 272 valence electrons. The second kappa shape index (κ2) is 26.0. The van der Waals surface area contributed by atoms with Crippen LogP contribution >= 0.6 is 7.82 Å². The highest BCUT2D eigenvalue weighted by Crippen LogP contribution is 2.36. The molecule has 1 aliphatic rings. The van der Waals surface area contributed by atoms with Gasteiger partial charge in [0.1, 0.15) is 12.4 Å². The van der Waals surface area contributed by atoms with Crippen LogP contribution in [0.3, 0.4) is 0 Å². The number of carbonyl (C=O) groups is 3. The molecule has 0 aromatic rings. The summed E-state index contributed by atoms with van der Waals surface area (Å²) in [4.78, 5) is 55.1. The van der Waals surface area contributed by atoms with Crippen LogP contribution in [-0.2, 0) is 32.9 Å². The van der Waals surface area contributed by atoms with E-state index in [1.807, 2.05) is 12.2 Å². The van der Waals surface area contributed by atoms with Gasteiger partial charge in [0.2, 0.25) is 0 Å². The molecular weight excluding hydrogens is 627 g/mol. The quantitative estimate of drug-likeness (QED) is 0.0299. The smallest absolute Gasteiger partial charge is 0.462 e. The minimum absolute atomic E-state index is 0.0330. The zero-order valence-electron chi connectivity index (χ0n) is 28.6. The normalized spacial score (nSPS) is 19.9. The maximum atomic E-state index is 12.4. The van der Waals surface area contributed by atoms with Crippen LogP contribution in [0.2, 0.25) is 0 Å². The van der Waals surface area contributed by atoms with Crippen molar-refractivity contribution in [2.45, 2.75) is 154 Å². The number of rotatable bonds is 28. The third-order valence-corrected chi connectivity index (χ3v) is 8.84. The number of aliphatic hydroxyl groups is 2. The molecule has 0 aliphatic heterocycles. The summed E-state index contributed by atoms with van der Waals surface area (Å²) in [5, 5.41) is 20.6. The van der Waals surface area contributed by atoms with Crippen LogP contribution < -0.4 is 0 Å². The fraction of sp³-hybridized carbons (Fsp3) is 0.800. The zero-order valence-corrected chi connectivity index (χ0v) is 29.5. The number of Topliss-reactive ketones (excluding diaryl/α,β-unsaturated/α-hetero) is 1. The molecule has 1 aliphatic carbocycles. The number of unbranched alkanes of at least 4 members (excludes halogenated alkanes) is 11. The Morgan fingerprint density at radius 3 is 2.15 bits per heavy atom. The molecule has 11 nitrogen and oxygen atoms in total. The standard InChI is InChI=1S/C35H61O11P/c1-3-5-7-8-9-10-11-12-18-22-35(40)46-29(27-45-47(41,42)43)26-44-34(39)21-17-14-13-16-20-30-31(33(38)25-32(30)37)24-23-28(36)19-15-6-4-2/h13,16,23-24,28-32,36-37H,3-12,14-15,17-22,25-27H2,1-2H3,(H2,41,42,43)/b16-13-,24-23+/t28-,29+,30+,31+,32-/m0/s1. The van der Waals surface area contributed by atoms with Gasteiger partial charge in [-0.05, 0) is 32.1 Å². The van der Waals surface area contributed by atoms with E-state index in [-0.39, 0.29) is 37.6 Å². The number of phosphoric acid groups is 1. The number of hydrogen-bond donors (Lipinski definition) is 4. The first-order valence-electron chi connectivity index (χ1n) is 17.7. The molecule has 1 rings (SSSR count). The molecule has 0 heterocycles.